The summed E-state index contributed by atoms with van der Waals surface area (Å²) in [5, 5.41) is 0.900. The van der Waals surface area contributed by atoms with E-state index in [1.54, 1.807) is 11.1 Å². The fraction of sp³-hybridized carbons (Fsp3) is 0.429. The number of likely N-dealkylation sites (N-methyl/N-ethyl adjacent to an activating group) is 1. The van der Waals surface area contributed by atoms with Crippen molar-refractivity contribution >= 4 is 33.1 Å². The van der Waals surface area contributed by atoms with E-state index >= 15 is 0 Å². The van der Waals surface area contributed by atoms with Crippen molar-refractivity contribution in [2.24, 2.45) is 0 Å². The number of nitrogens with two attached hydrogens (primary N) is 1. The van der Waals surface area contributed by atoms with Crippen LogP contribution in [-0.2, 0) is 4.74 Å². The van der Waals surface area contributed by atoms with Crippen molar-refractivity contribution in [1.82, 2.24) is 9.88 Å². The summed E-state index contributed by atoms with van der Waals surface area (Å²) in [6, 6.07) is 2.05. The fourth-order valence-corrected chi connectivity index (χ4v) is 3.64. The molecule has 5 nitrogen and oxygen atoms in total. The van der Waals surface area contributed by atoms with Crippen LogP contribution in [0.25, 0.3) is 10.2 Å². The number of nitrogens with zero attached hydrogens (tertiary/aromatic N) is 2. The number of pyridine rings is 1. The molecule has 0 radical (unpaired) electrons. The van der Waals surface area contributed by atoms with Crippen LogP contribution in [0, 0.1) is 6.92 Å². The predicted octanol–water partition coefficient (Wildman–Crippen LogP) is 2.05. The van der Waals surface area contributed by atoms with E-state index < -0.39 is 0 Å². The van der Waals surface area contributed by atoms with Gasteiger partial charge in [0.05, 0.1) is 18.3 Å². The number of anilines is 1. The zero-order valence-electron chi connectivity index (χ0n) is 11.5. The topological polar surface area (TPSA) is 68.5 Å². The minimum absolute atomic E-state index is 0.0413. The smallest absolute Gasteiger partial charge is 0.266 e. The number of hydrogen-bond acceptors (Lipinski definition) is 5. The van der Waals surface area contributed by atoms with Gasteiger partial charge in [-0.15, -0.1) is 11.3 Å². The number of hydrogen-bond donors (Lipinski definition) is 1. The molecule has 0 saturated carbocycles. The highest BCUT2D eigenvalue weighted by Crippen LogP contribution is 2.35. The minimum Gasteiger partial charge on any atom is -0.397 e. The first-order chi connectivity index (χ1) is 9.59. The molecule has 1 unspecified atom stereocenters. The molecule has 1 amide bonds. The van der Waals surface area contributed by atoms with Gasteiger partial charge in [-0.2, -0.15) is 0 Å². The SMILES string of the molecule is Cc1ccnc2sc(C(=O)N(C)C3CCOC3)c(N)c12. The van der Waals surface area contributed by atoms with E-state index in [9.17, 15) is 4.79 Å². The van der Waals surface area contributed by atoms with Crippen molar-refractivity contribution in [2.75, 3.05) is 26.0 Å². The highest BCUT2D eigenvalue weighted by Gasteiger charge is 2.28. The summed E-state index contributed by atoms with van der Waals surface area (Å²) in [6.07, 6.45) is 2.63. The van der Waals surface area contributed by atoms with Gasteiger partial charge in [0.2, 0.25) is 0 Å². The van der Waals surface area contributed by atoms with Gasteiger partial charge in [0.15, 0.2) is 0 Å². The van der Waals surface area contributed by atoms with Crippen LogP contribution >= 0.6 is 11.3 Å². The normalized spacial score (nSPS) is 18.6. The number of amides is 1. The highest BCUT2D eigenvalue weighted by atomic mass is 32.1. The van der Waals surface area contributed by atoms with Gasteiger partial charge in [0.1, 0.15) is 9.71 Å². The van der Waals surface area contributed by atoms with Gasteiger partial charge in [0, 0.05) is 25.2 Å². The zero-order valence-corrected chi connectivity index (χ0v) is 12.4. The maximum Gasteiger partial charge on any atom is 0.266 e. The van der Waals surface area contributed by atoms with E-state index in [1.807, 2.05) is 20.0 Å². The maximum atomic E-state index is 12.6. The Balaban J connectivity index is 1.99. The molecule has 1 atom stereocenters. The van der Waals surface area contributed by atoms with Gasteiger partial charge < -0.3 is 15.4 Å². The van der Waals surface area contributed by atoms with Crippen LogP contribution in [0.5, 0.6) is 0 Å². The molecule has 3 heterocycles. The second-order valence-electron chi connectivity index (χ2n) is 5.09. The average molecular weight is 291 g/mol. The van der Waals surface area contributed by atoms with E-state index in [-0.39, 0.29) is 11.9 Å². The Morgan fingerprint density at radius 3 is 3.05 bits per heavy atom. The molecule has 1 fully saturated rings. The second kappa shape index (κ2) is 5.03. The molecule has 20 heavy (non-hydrogen) atoms. The number of aromatic nitrogens is 1. The zero-order chi connectivity index (χ0) is 14.3. The monoisotopic (exact) mass is 291 g/mol. The van der Waals surface area contributed by atoms with E-state index in [2.05, 4.69) is 4.98 Å². The fourth-order valence-electron chi connectivity index (χ4n) is 2.52. The molecule has 2 aromatic rings. The Morgan fingerprint density at radius 1 is 1.60 bits per heavy atom. The van der Waals surface area contributed by atoms with Gasteiger partial charge in [0.25, 0.3) is 5.91 Å². The summed E-state index contributed by atoms with van der Waals surface area (Å²) < 4.78 is 5.34. The Morgan fingerprint density at radius 2 is 2.40 bits per heavy atom. The van der Waals surface area contributed by atoms with Crippen molar-refractivity contribution in [2.45, 2.75) is 19.4 Å². The molecule has 0 aliphatic carbocycles. The van der Waals surface area contributed by atoms with Gasteiger partial charge >= 0.3 is 0 Å². The molecule has 2 aromatic heterocycles. The van der Waals surface area contributed by atoms with Crippen molar-refractivity contribution in [1.29, 1.82) is 0 Å². The van der Waals surface area contributed by atoms with Crippen LogP contribution in [0.2, 0.25) is 0 Å². The van der Waals surface area contributed by atoms with Crippen molar-refractivity contribution < 1.29 is 9.53 Å². The lowest BCUT2D eigenvalue weighted by Crippen LogP contribution is -2.37. The van der Waals surface area contributed by atoms with Crippen molar-refractivity contribution in [3.63, 3.8) is 0 Å². The molecule has 0 aromatic carbocycles. The number of aryl methyl sites for hydroxylation is 1. The molecular formula is C14H17N3O2S. The molecular weight excluding hydrogens is 274 g/mol. The summed E-state index contributed by atoms with van der Waals surface area (Å²) in [5.41, 5.74) is 7.77. The van der Waals surface area contributed by atoms with Gasteiger partial charge in [-0.25, -0.2) is 4.98 Å². The largest absolute Gasteiger partial charge is 0.397 e. The summed E-state index contributed by atoms with van der Waals surface area (Å²) in [5.74, 6) is -0.0413. The lowest BCUT2D eigenvalue weighted by Gasteiger charge is -2.22. The van der Waals surface area contributed by atoms with Gasteiger partial charge in [-0.3, -0.25) is 4.79 Å². The van der Waals surface area contributed by atoms with Crippen molar-refractivity contribution in [3.8, 4) is 0 Å². The Bertz CT molecular complexity index is 662. The first-order valence-corrected chi connectivity index (χ1v) is 7.39. The molecule has 3 rings (SSSR count). The Kier molecular flexibility index (Phi) is 3.35. The maximum absolute atomic E-state index is 12.6. The molecule has 2 N–H and O–H groups in total. The van der Waals surface area contributed by atoms with Crippen molar-refractivity contribution in [3.05, 3.63) is 22.7 Å². The van der Waals surface area contributed by atoms with Crippen LogP contribution in [0.1, 0.15) is 21.7 Å². The lowest BCUT2D eigenvalue weighted by atomic mass is 10.1. The van der Waals surface area contributed by atoms with Crippen LogP contribution in [0.15, 0.2) is 12.3 Å². The molecule has 1 saturated heterocycles. The first-order valence-electron chi connectivity index (χ1n) is 6.58. The number of carbonyl (C=O) groups excluding carboxylic acids is 1. The standard InChI is InChI=1S/C14H17N3O2S/c1-8-3-5-16-13-10(8)11(15)12(20-13)14(18)17(2)9-4-6-19-7-9/h3,5,9H,4,6-7,15H2,1-2H3. The molecule has 0 bridgehead atoms. The predicted molar refractivity (Wildman–Crippen MR) is 80.1 cm³/mol. The number of ether oxygens (including phenoxy) is 1. The van der Waals surface area contributed by atoms with E-state index in [0.717, 1.165) is 22.2 Å². The van der Waals surface area contributed by atoms with Gasteiger partial charge in [-0.05, 0) is 25.0 Å². The molecule has 0 spiro atoms. The number of fused-ring (bicyclic) bond motifs is 1. The Labute approximate surface area is 121 Å². The average Bonchev–Trinajstić information content (AvgIpc) is 3.06. The summed E-state index contributed by atoms with van der Waals surface area (Å²) >= 11 is 1.37. The summed E-state index contributed by atoms with van der Waals surface area (Å²) in [6.45, 7) is 3.30. The van der Waals surface area contributed by atoms with Gasteiger partial charge in [-0.1, -0.05) is 0 Å². The van der Waals surface area contributed by atoms with E-state index in [4.69, 9.17) is 10.5 Å². The summed E-state index contributed by atoms with van der Waals surface area (Å²) in [4.78, 5) is 20.1. The number of nitrogen functional groups attached to an aromatic ring is 1. The quantitative estimate of drug-likeness (QED) is 0.919. The molecule has 1 aliphatic heterocycles. The second-order valence-corrected chi connectivity index (χ2v) is 6.09. The van der Waals surface area contributed by atoms with Crippen LogP contribution in [0.4, 0.5) is 5.69 Å². The number of carbonyl (C=O) groups is 1. The molecule has 106 valence electrons. The third kappa shape index (κ3) is 2.05. The third-order valence-corrected chi connectivity index (χ3v) is 4.91. The van der Waals surface area contributed by atoms with Crippen LogP contribution < -0.4 is 5.73 Å². The number of thiophene rings is 1. The minimum atomic E-state index is -0.0413. The summed E-state index contributed by atoms with van der Waals surface area (Å²) in [7, 11) is 1.81. The van der Waals surface area contributed by atoms with Crippen LogP contribution in [-0.4, -0.2) is 42.1 Å². The van der Waals surface area contributed by atoms with Crippen LogP contribution in [0.3, 0.4) is 0 Å². The van der Waals surface area contributed by atoms with E-state index in [1.165, 1.54) is 11.3 Å². The first kappa shape index (κ1) is 13.3. The number of rotatable bonds is 2. The third-order valence-electron chi connectivity index (χ3n) is 3.81. The molecule has 1 aliphatic rings. The lowest BCUT2D eigenvalue weighted by molar-refractivity contribution is 0.0717. The highest BCUT2D eigenvalue weighted by molar-refractivity contribution is 7.21. The van der Waals surface area contributed by atoms with E-state index in [0.29, 0.717) is 23.8 Å². The Hall–Kier alpha value is -1.66. The molecule has 6 heteroatoms.